The molecule has 1 aliphatic rings. The van der Waals surface area contributed by atoms with E-state index in [1.54, 1.807) is 0 Å². The Bertz CT molecular complexity index is 238. The number of rotatable bonds is 7. The largest absolute Gasteiger partial charge is 0.480 e. The molecule has 2 N–H and O–H groups in total. The lowest BCUT2D eigenvalue weighted by molar-refractivity contribution is -0.140. The SMILES string of the molecule is COCC(NCCC1=CCCC1)C(=O)O. The van der Waals surface area contributed by atoms with Crippen molar-refractivity contribution >= 4 is 5.97 Å². The van der Waals surface area contributed by atoms with Gasteiger partial charge in [-0.2, -0.15) is 0 Å². The first-order valence-electron chi connectivity index (χ1n) is 5.37. The zero-order chi connectivity index (χ0) is 11.1. The summed E-state index contributed by atoms with van der Waals surface area (Å²) in [5.41, 5.74) is 1.45. The number of carboxylic acids is 1. The highest BCUT2D eigenvalue weighted by Crippen LogP contribution is 2.19. The van der Waals surface area contributed by atoms with E-state index in [1.165, 1.54) is 31.9 Å². The van der Waals surface area contributed by atoms with Crippen LogP contribution < -0.4 is 5.32 Å². The normalized spacial score (nSPS) is 17.5. The van der Waals surface area contributed by atoms with Gasteiger partial charge in [-0.1, -0.05) is 11.6 Å². The van der Waals surface area contributed by atoms with Crippen LogP contribution in [0.25, 0.3) is 0 Å². The van der Waals surface area contributed by atoms with Crippen LogP contribution in [0, 0.1) is 0 Å². The van der Waals surface area contributed by atoms with Gasteiger partial charge in [-0.15, -0.1) is 0 Å². The number of carbonyl (C=O) groups is 1. The van der Waals surface area contributed by atoms with Crippen LogP contribution in [0.2, 0.25) is 0 Å². The zero-order valence-corrected chi connectivity index (χ0v) is 9.16. The van der Waals surface area contributed by atoms with Crippen molar-refractivity contribution in [3.05, 3.63) is 11.6 Å². The quantitative estimate of drug-likeness (QED) is 0.623. The Morgan fingerprint density at radius 2 is 2.53 bits per heavy atom. The third-order valence-electron chi connectivity index (χ3n) is 2.60. The maximum absolute atomic E-state index is 10.8. The van der Waals surface area contributed by atoms with E-state index in [2.05, 4.69) is 11.4 Å². The van der Waals surface area contributed by atoms with E-state index in [-0.39, 0.29) is 6.61 Å². The molecule has 0 aromatic heterocycles. The van der Waals surface area contributed by atoms with Gasteiger partial charge in [0.15, 0.2) is 0 Å². The number of methoxy groups -OCH3 is 1. The number of hydrogen-bond donors (Lipinski definition) is 2. The average molecular weight is 213 g/mol. The van der Waals surface area contributed by atoms with Crippen molar-refractivity contribution in [1.82, 2.24) is 5.32 Å². The molecule has 1 unspecified atom stereocenters. The Labute approximate surface area is 90.3 Å². The van der Waals surface area contributed by atoms with E-state index in [0.717, 1.165) is 6.42 Å². The summed E-state index contributed by atoms with van der Waals surface area (Å²) in [7, 11) is 1.51. The second-order valence-electron chi connectivity index (χ2n) is 3.80. The first-order chi connectivity index (χ1) is 7.24. The van der Waals surface area contributed by atoms with Crippen molar-refractivity contribution in [2.24, 2.45) is 0 Å². The molecular formula is C11H19NO3. The van der Waals surface area contributed by atoms with Gasteiger partial charge in [0.2, 0.25) is 0 Å². The lowest BCUT2D eigenvalue weighted by atomic mass is 10.1. The number of allylic oxidation sites excluding steroid dienone is 1. The van der Waals surface area contributed by atoms with Gasteiger partial charge < -0.3 is 15.2 Å². The molecular weight excluding hydrogens is 194 g/mol. The van der Waals surface area contributed by atoms with Gasteiger partial charge in [0.1, 0.15) is 6.04 Å². The fourth-order valence-electron chi connectivity index (χ4n) is 1.76. The van der Waals surface area contributed by atoms with Gasteiger partial charge in [-0.3, -0.25) is 4.79 Å². The molecule has 4 nitrogen and oxygen atoms in total. The average Bonchev–Trinajstić information content (AvgIpc) is 2.69. The Morgan fingerprint density at radius 3 is 3.07 bits per heavy atom. The number of hydrogen-bond acceptors (Lipinski definition) is 3. The molecule has 0 saturated heterocycles. The van der Waals surface area contributed by atoms with Crippen LogP contribution in [0.15, 0.2) is 11.6 Å². The van der Waals surface area contributed by atoms with Crippen molar-refractivity contribution < 1.29 is 14.6 Å². The monoisotopic (exact) mass is 213 g/mol. The predicted octanol–water partition coefficient (Wildman–Crippen LogP) is 1.18. The summed E-state index contributed by atoms with van der Waals surface area (Å²) in [5.74, 6) is -0.850. The zero-order valence-electron chi connectivity index (χ0n) is 9.16. The molecule has 0 aliphatic heterocycles. The molecule has 0 saturated carbocycles. The van der Waals surface area contributed by atoms with Crippen molar-refractivity contribution in [2.75, 3.05) is 20.3 Å². The number of nitrogens with one attached hydrogen (secondary N) is 1. The predicted molar refractivity (Wildman–Crippen MR) is 57.9 cm³/mol. The van der Waals surface area contributed by atoms with Crippen LogP contribution in [0.5, 0.6) is 0 Å². The lowest BCUT2D eigenvalue weighted by Gasteiger charge is -2.13. The summed E-state index contributed by atoms with van der Waals surface area (Å²) < 4.78 is 4.83. The summed E-state index contributed by atoms with van der Waals surface area (Å²) >= 11 is 0. The van der Waals surface area contributed by atoms with Crippen LogP contribution in [0.3, 0.4) is 0 Å². The van der Waals surface area contributed by atoms with Gasteiger partial charge in [-0.05, 0) is 32.2 Å². The van der Waals surface area contributed by atoms with Gasteiger partial charge in [0, 0.05) is 7.11 Å². The van der Waals surface area contributed by atoms with Crippen molar-refractivity contribution in [1.29, 1.82) is 0 Å². The third kappa shape index (κ3) is 4.44. The summed E-state index contributed by atoms with van der Waals surface area (Å²) in [5, 5.41) is 11.8. The number of ether oxygens (including phenoxy) is 1. The maximum Gasteiger partial charge on any atom is 0.323 e. The highest BCUT2D eigenvalue weighted by molar-refractivity contribution is 5.73. The van der Waals surface area contributed by atoms with Gasteiger partial charge in [-0.25, -0.2) is 0 Å². The maximum atomic E-state index is 10.8. The molecule has 1 rings (SSSR count). The standard InChI is InChI=1S/C11H19NO3/c1-15-8-10(11(13)14)12-7-6-9-4-2-3-5-9/h4,10,12H,2-3,5-8H2,1H3,(H,13,14). The van der Waals surface area contributed by atoms with Crippen LogP contribution in [0.1, 0.15) is 25.7 Å². The second kappa shape index (κ2) is 6.58. The van der Waals surface area contributed by atoms with E-state index < -0.39 is 12.0 Å². The van der Waals surface area contributed by atoms with Crippen molar-refractivity contribution in [2.45, 2.75) is 31.7 Å². The van der Waals surface area contributed by atoms with Crippen LogP contribution in [-0.4, -0.2) is 37.4 Å². The van der Waals surface area contributed by atoms with Crippen LogP contribution in [-0.2, 0) is 9.53 Å². The Hall–Kier alpha value is -0.870. The highest BCUT2D eigenvalue weighted by Gasteiger charge is 2.16. The molecule has 0 fully saturated rings. The first kappa shape index (κ1) is 12.2. The Kier molecular flexibility index (Phi) is 5.36. The van der Waals surface area contributed by atoms with Gasteiger partial charge in [0.05, 0.1) is 6.61 Å². The fraction of sp³-hybridized carbons (Fsp3) is 0.727. The van der Waals surface area contributed by atoms with E-state index in [0.29, 0.717) is 6.54 Å². The second-order valence-corrected chi connectivity index (χ2v) is 3.80. The molecule has 0 aromatic rings. The summed E-state index contributed by atoms with van der Waals surface area (Å²) in [4.78, 5) is 10.8. The summed E-state index contributed by atoms with van der Waals surface area (Å²) in [6, 6.07) is -0.586. The third-order valence-corrected chi connectivity index (χ3v) is 2.60. The van der Waals surface area contributed by atoms with Gasteiger partial charge in [0.25, 0.3) is 0 Å². The molecule has 1 aliphatic carbocycles. The van der Waals surface area contributed by atoms with E-state index in [1.807, 2.05) is 0 Å². The number of aliphatic carboxylic acids is 1. The van der Waals surface area contributed by atoms with Crippen LogP contribution >= 0.6 is 0 Å². The molecule has 86 valence electrons. The molecule has 1 atom stereocenters. The first-order valence-corrected chi connectivity index (χ1v) is 5.37. The van der Waals surface area contributed by atoms with E-state index in [9.17, 15) is 4.79 Å². The highest BCUT2D eigenvalue weighted by atomic mass is 16.5. The molecule has 15 heavy (non-hydrogen) atoms. The number of carboxylic acid groups (broad SMARTS) is 1. The molecule has 0 heterocycles. The minimum atomic E-state index is -0.850. The lowest BCUT2D eigenvalue weighted by Crippen LogP contribution is -2.40. The molecule has 0 radical (unpaired) electrons. The molecule has 0 aromatic carbocycles. The topological polar surface area (TPSA) is 58.6 Å². The summed E-state index contributed by atoms with van der Waals surface area (Å²) in [6.45, 7) is 0.931. The molecule has 0 bridgehead atoms. The van der Waals surface area contributed by atoms with Crippen LogP contribution in [0.4, 0.5) is 0 Å². The summed E-state index contributed by atoms with van der Waals surface area (Å²) in [6.07, 6.45) is 6.80. The van der Waals surface area contributed by atoms with Crippen molar-refractivity contribution in [3.63, 3.8) is 0 Å². The van der Waals surface area contributed by atoms with Gasteiger partial charge >= 0.3 is 5.97 Å². The minimum Gasteiger partial charge on any atom is -0.480 e. The Balaban J connectivity index is 2.18. The minimum absolute atomic E-state index is 0.217. The van der Waals surface area contributed by atoms with E-state index >= 15 is 0 Å². The Morgan fingerprint density at radius 1 is 1.73 bits per heavy atom. The fourth-order valence-corrected chi connectivity index (χ4v) is 1.76. The smallest absolute Gasteiger partial charge is 0.323 e. The molecule has 0 amide bonds. The van der Waals surface area contributed by atoms with Crippen molar-refractivity contribution in [3.8, 4) is 0 Å². The molecule has 0 spiro atoms. The molecule has 4 heteroatoms. The van der Waals surface area contributed by atoms with E-state index in [4.69, 9.17) is 9.84 Å².